The Kier molecular flexibility index (Phi) is 6.27. The van der Waals surface area contributed by atoms with Gasteiger partial charge in [0.15, 0.2) is 5.65 Å². The monoisotopic (exact) mass is 525 g/mol. The highest BCUT2D eigenvalue weighted by Gasteiger charge is 2.42. The zero-order valence-electron chi connectivity index (χ0n) is 19.3. The molecule has 0 N–H and O–H groups in total. The van der Waals surface area contributed by atoms with Crippen molar-refractivity contribution in [1.82, 2.24) is 19.8 Å². The van der Waals surface area contributed by atoms with E-state index >= 15 is 0 Å². The van der Waals surface area contributed by atoms with Crippen LogP contribution in [0.25, 0.3) is 11.0 Å². The molecule has 184 valence electrons. The van der Waals surface area contributed by atoms with Crippen LogP contribution in [0.1, 0.15) is 29.1 Å². The molecule has 5 rings (SSSR count). The predicted molar refractivity (Wildman–Crippen MR) is 135 cm³/mol. The van der Waals surface area contributed by atoms with Gasteiger partial charge < -0.3 is 14.5 Å². The van der Waals surface area contributed by atoms with Gasteiger partial charge in [-0.1, -0.05) is 35.8 Å². The molecule has 3 aromatic rings. The molecule has 1 unspecified atom stereocenters. The first-order valence-electron chi connectivity index (χ1n) is 11.2. The lowest BCUT2D eigenvalue weighted by atomic mass is 10.1. The quantitative estimate of drug-likeness (QED) is 0.370. The molecule has 4 heterocycles. The van der Waals surface area contributed by atoms with Crippen LogP contribution in [0, 0.1) is 0 Å². The van der Waals surface area contributed by atoms with Crippen molar-refractivity contribution < 1.29 is 19.1 Å². The van der Waals surface area contributed by atoms with Gasteiger partial charge in [0.05, 0.1) is 5.56 Å². The molecule has 36 heavy (non-hydrogen) atoms. The Morgan fingerprint density at radius 3 is 2.42 bits per heavy atom. The maximum Gasteiger partial charge on any atom is 0.412 e. The fourth-order valence-corrected chi connectivity index (χ4v) is 4.59. The highest BCUT2D eigenvalue weighted by molar-refractivity contribution is 6.31. The first-order valence-corrected chi connectivity index (χ1v) is 11.9. The Balaban J connectivity index is 1.43. The number of anilines is 1. The van der Waals surface area contributed by atoms with Gasteiger partial charge in [-0.3, -0.25) is 14.5 Å². The highest BCUT2D eigenvalue weighted by atomic mass is 35.5. The molecule has 0 spiro atoms. The van der Waals surface area contributed by atoms with E-state index < -0.39 is 18.2 Å². The molecule has 0 saturated carbocycles. The second-order valence-corrected chi connectivity index (χ2v) is 9.38. The maximum atomic E-state index is 13.4. The van der Waals surface area contributed by atoms with Crippen LogP contribution < -0.4 is 4.90 Å². The second kappa shape index (κ2) is 9.40. The number of carbonyl (C=O) groups excluding carboxylic acids is 3. The zero-order chi connectivity index (χ0) is 25.6. The lowest BCUT2D eigenvalue weighted by Gasteiger charge is -2.35. The van der Waals surface area contributed by atoms with Gasteiger partial charge in [0.1, 0.15) is 11.0 Å². The molecule has 0 aliphatic carbocycles. The number of piperazine rings is 1. The molecule has 1 fully saturated rings. The van der Waals surface area contributed by atoms with Gasteiger partial charge in [-0.25, -0.2) is 14.8 Å². The Morgan fingerprint density at radius 1 is 1.00 bits per heavy atom. The van der Waals surface area contributed by atoms with Crippen molar-refractivity contribution in [2.75, 3.05) is 31.1 Å². The number of hydrogen-bond acceptors (Lipinski definition) is 6. The van der Waals surface area contributed by atoms with E-state index in [4.69, 9.17) is 27.9 Å². The molecule has 0 radical (unpaired) electrons. The van der Waals surface area contributed by atoms with Gasteiger partial charge in [-0.15, -0.1) is 0 Å². The molecule has 11 heteroatoms. The van der Waals surface area contributed by atoms with Gasteiger partial charge in [0, 0.05) is 47.7 Å². The number of rotatable bonds is 3. The number of nitrogens with zero attached hydrogens (tertiary/aromatic N) is 5. The number of pyridine rings is 2. The van der Waals surface area contributed by atoms with Crippen molar-refractivity contribution in [3.05, 3.63) is 75.9 Å². The molecular formula is C25H21Cl2N5O4. The van der Waals surface area contributed by atoms with Gasteiger partial charge in [-0.05, 0) is 43.3 Å². The van der Waals surface area contributed by atoms with E-state index in [-0.39, 0.29) is 16.9 Å². The molecule has 1 saturated heterocycles. The number of ether oxygens (including phenoxy) is 1. The van der Waals surface area contributed by atoms with E-state index in [2.05, 4.69) is 16.5 Å². The van der Waals surface area contributed by atoms with Gasteiger partial charge in [0.2, 0.25) is 12.1 Å². The lowest BCUT2D eigenvalue weighted by Crippen LogP contribution is -2.51. The number of hydrogen-bond donors (Lipinski definition) is 0. The molecule has 1 aromatic carbocycles. The molecular weight excluding hydrogens is 505 g/mol. The summed E-state index contributed by atoms with van der Waals surface area (Å²) in [6.07, 6.45) is -1.67. The fraction of sp³-hybridized carbons (Fsp3) is 0.240. The summed E-state index contributed by atoms with van der Waals surface area (Å²) in [6.45, 7) is 6.65. The summed E-state index contributed by atoms with van der Waals surface area (Å²) < 4.78 is 5.88. The first kappa shape index (κ1) is 24.0. The molecule has 3 amide bonds. The van der Waals surface area contributed by atoms with Crippen molar-refractivity contribution in [1.29, 1.82) is 0 Å². The largest absolute Gasteiger partial charge is 0.420 e. The lowest BCUT2D eigenvalue weighted by molar-refractivity contribution is -0.128. The van der Waals surface area contributed by atoms with E-state index in [0.29, 0.717) is 53.5 Å². The van der Waals surface area contributed by atoms with Crippen LogP contribution in [-0.4, -0.2) is 63.9 Å². The number of benzene rings is 1. The standard InChI is InChI=1S/C25H21Cl2N5O4/c1-14(2)22(33)30-9-11-31(12-10-30)25(35)36-24-17-6-5-16(26)13-18(17)23(34)32(24)20-8-4-15-3-7-19(27)28-21(15)29-20/h3-8,13,24H,1,9-12H2,2H3. The third-order valence-electron chi connectivity index (χ3n) is 6.12. The zero-order valence-corrected chi connectivity index (χ0v) is 20.8. The van der Waals surface area contributed by atoms with Gasteiger partial charge >= 0.3 is 6.09 Å². The Labute approximate surface area is 216 Å². The topological polar surface area (TPSA) is 95.9 Å². The predicted octanol–water partition coefficient (Wildman–Crippen LogP) is 4.45. The Hall–Kier alpha value is -3.69. The summed E-state index contributed by atoms with van der Waals surface area (Å²) in [6, 6.07) is 11.7. The number of amides is 3. The molecule has 2 aromatic heterocycles. The maximum absolute atomic E-state index is 13.4. The summed E-state index contributed by atoms with van der Waals surface area (Å²) >= 11 is 12.2. The van der Waals surface area contributed by atoms with E-state index in [1.807, 2.05) is 0 Å². The minimum Gasteiger partial charge on any atom is -0.420 e. The smallest absolute Gasteiger partial charge is 0.412 e. The van der Waals surface area contributed by atoms with Crippen molar-refractivity contribution in [3.8, 4) is 0 Å². The van der Waals surface area contributed by atoms with Gasteiger partial charge in [0.25, 0.3) is 5.91 Å². The van der Waals surface area contributed by atoms with Gasteiger partial charge in [-0.2, -0.15) is 0 Å². The normalized spacial score (nSPS) is 17.4. The molecule has 0 bridgehead atoms. The SMILES string of the molecule is C=C(C)C(=O)N1CCN(C(=O)OC2c3ccc(Cl)cc3C(=O)N2c2ccc3ccc(Cl)nc3n2)CC1. The van der Waals surface area contributed by atoms with Crippen LogP contribution in [-0.2, 0) is 9.53 Å². The van der Waals surface area contributed by atoms with Crippen molar-refractivity contribution in [3.63, 3.8) is 0 Å². The van der Waals surface area contributed by atoms with Crippen molar-refractivity contribution in [2.24, 2.45) is 0 Å². The third-order valence-corrected chi connectivity index (χ3v) is 6.56. The van der Waals surface area contributed by atoms with Crippen LogP contribution in [0.15, 0.2) is 54.6 Å². The number of carbonyl (C=O) groups is 3. The third kappa shape index (κ3) is 4.36. The molecule has 1 atom stereocenters. The Morgan fingerprint density at radius 2 is 1.69 bits per heavy atom. The van der Waals surface area contributed by atoms with Crippen molar-refractivity contribution in [2.45, 2.75) is 13.2 Å². The van der Waals surface area contributed by atoms with Crippen LogP contribution in [0.4, 0.5) is 10.6 Å². The number of halogens is 2. The van der Waals surface area contributed by atoms with E-state index in [1.165, 1.54) is 15.9 Å². The van der Waals surface area contributed by atoms with E-state index in [0.717, 1.165) is 5.39 Å². The summed E-state index contributed by atoms with van der Waals surface area (Å²) in [4.78, 5) is 52.0. The highest BCUT2D eigenvalue weighted by Crippen LogP contribution is 2.39. The summed E-state index contributed by atoms with van der Waals surface area (Å²) in [5.41, 5.74) is 1.61. The summed E-state index contributed by atoms with van der Waals surface area (Å²) in [5.74, 6) is -0.294. The van der Waals surface area contributed by atoms with Crippen molar-refractivity contribution >= 4 is 58.0 Å². The molecule has 2 aliphatic heterocycles. The minimum atomic E-state index is -1.06. The van der Waals surface area contributed by atoms with E-state index in [1.54, 1.807) is 48.2 Å². The fourth-order valence-electron chi connectivity index (χ4n) is 4.28. The Bertz CT molecular complexity index is 1420. The number of aromatic nitrogens is 2. The number of fused-ring (bicyclic) bond motifs is 2. The van der Waals surface area contributed by atoms with E-state index in [9.17, 15) is 14.4 Å². The van der Waals surface area contributed by atoms with Crippen LogP contribution >= 0.6 is 23.2 Å². The summed E-state index contributed by atoms with van der Waals surface area (Å²) in [7, 11) is 0. The van der Waals surface area contributed by atoms with Crippen LogP contribution in [0.5, 0.6) is 0 Å². The average Bonchev–Trinajstić information content (AvgIpc) is 3.13. The second-order valence-electron chi connectivity index (χ2n) is 8.55. The van der Waals surface area contributed by atoms with Crippen LogP contribution in [0.2, 0.25) is 10.2 Å². The summed E-state index contributed by atoms with van der Waals surface area (Å²) in [5, 5.41) is 1.39. The van der Waals surface area contributed by atoms with Crippen LogP contribution in [0.3, 0.4) is 0 Å². The molecule has 2 aliphatic rings. The minimum absolute atomic E-state index is 0.141. The molecule has 9 nitrogen and oxygen atoms in total. The first-order chi connectivity index (χ1) is 17.2. The average molecular weight is 526 g/mol.